The highest BCUT2D eigenvalue weighted by Crippen LogP contribution is 2.38. The largest absolute Gasteiger partial charge is 0.453 e. The van der Waals surface area contributed by atoms with Gasteiger partial charge in [0.15, 0.2) is 0 Å². The van der Waals surface area contributed by atoms with Crippen molar-refractivity contribution in [1.29, 1.82) is 0 Å². The van der Waals surface area contributed by atoms with E-state index in [1.165, 1.54) is 23.1 Å². The molecule has 0 fully saturated rings. The summed E-state index contributed by atoms with van der Waals surface area (Å²) in [6.45, 7) is 0. The molecule has 1 aliphatic carbocycles. The topological polar surface area (TPSA) is 65.0 Å². The fraction of sp³-hybridized carbons (Fsp3) is 0.176. The van der Waals surface area contributed by atoms with Crippen LogP contribution in [0.2, 0.25) is 0 Å². The number of esters is 1. The highest BCUT2D eigenvalue weighted by molar-refractivity contribution is 9.10. The summed E-state index contributed by atoms with van der Waals surface area (Å²) in [5.41, 5.74) is 2.95. The number of carbonyl (C=O) groups excluding carboxylic acids is 1. The lowest BCUT2D eigenvalue weighted by Gasteiger charge is -2.12. The van der Waals surface area contributed by atoms with E-state index in [0.29, 0.717) is 15.6 Å². The van der Waals surface area contributed by atoms with Crippen molar-refractivity contribution in [2.45, 2.75) is 18.9 Å². The number of fused-ring (bicyclic) bond motifs is 1. The van der Waals surface area contributed by atoms with Gasteiger partial charge in [-0.1, -0.05) is 28.1 Å². The zero-order chi connectivity index (χ0) is 16.5. The quantitative estimate of drug-likeness (QED) is 0.615. The smallest absolute Gasteiger partial charge is 0.350 e. The zero-order valence-corrected chi connectivity index (χ0v) is 14.9. The molecule has 7 heteroatoms. The maximum atomic E-state index is 12.4. The Balaban J connectivity index is 1.53. The molecule has 1 atom stereocenters. The molecule has 1 unspecified atom stereocenters. The molecule has 4 rings (SSSR count). The maximum Gasteiger partial charge on any atom is 0.350 e. The van der Waals surface area contributed by atoms with Gasteiger partial charge >= 0.3 is 5.97 Å². The molecule has 3 aromatic rings. The van der Waals surface area contributed by atoms with E-state index in [2.05, 4.69) is 30.9 Å². The van der Waals surface area contributed by atoms with Gasteiger partial charge in [0.1, 0.15) is 21.7 Å². The molecular formula is C17H12BrN3O2S. The lowest BCUT2D eigenvalue weighted by atomic mass is 10.1. The van der Waals surface area contributed by atoms with Gasteiger partial charge in [0.2, 0.25) is 0 Å². The predicted octanol–water partition coefficient (Wildman–Crippen LogP) is 4.21. The van der Waals surface area contributed by atoms with Crippen LogP contribution >= 0.6 is 27.3 Å². The maximum absolute atomic E-state index is 12.4. The number of halogens is 1. The summed E-state index contributed by atoms with van der Waals surface area (Å²) in [7, 11) is 0. The van der Waals surface area contributed by atoms with Crippen LogP contribution in [0, 0.1) is 0 Å². The molecule has 0 radical (unpaired) electrons. The second-order valence-electron chi connectivity index (χ2n) is 5.36. The minimum Gasteiger partial charge on any atom is -0.453 e. The molecule has 2 heterocycles. The Bertz CT molecular complexity index is 898. The van der Waals surface area contributed by atoms with Gasteiger partial charge in [-0.3, -0.25) is 9.97 Å². The number of hydrogen-bond donors (Lipinski definition) is 0. The monoisotopic (exact) mass is 401 g/mol. The number of carbonyl (C=O) groups is 1. The van der Waals surface area contributed by atoms with Gasteiger partial charge in [-0.15, -0.1) is 11.3 Å². The van der Waals surface area contributed by atoms with Crippen molar-refractivity contribution in [3.63, 3.8) is 0 Å². The molecule has 24 heavy (non-hydrogen) atoms. The van der Waals surface area contributed by atoms with Crippen LogP contribution in [0.1, 0.15) is 33.3 Å². The van der Waals surface area contributed by atoms with E-state index in [1.54, 1.807) is 18.6 Å². The number of thiazole rings is 1. The first kappa shape index (κ1) is 15.4. The van der Waals surface area contributed by atoms with Crippen LogP contribution in [-0.4, -0.2) is 20.9 Å². The zero-order valence-electron chi connectivity index (χ0n) is 12.5. The van der Waals surface area contributed by atoms with Gasteiger partial charge in [0.05, 0.1) is 12.4 Å². The molecule has 0 saturated heterocycles. The second-order valence-corrected chi connectivity index (χ2v) is 7.25. The summed E-state index contributed by atoms with van der Waals surface area (Å²) < 4.78 is 6.77. The lowest BCUT2D eigenvalue weighted by molar-refractivity contribution is 0.0307. The molecule has 1 aromatic carbocycles. The molecule has 2 aromatic heterocycles. The Morgan fingerprint density at radius 3 is 3.00 bits per heavy atom. The minimum atomic E-state index is -0.347. The summed E-state index contributed by atoms with van der Waals surface area (Å²) in [5.74, 6) is -0.347. The summed E-state index contributed by atoms with van der Waals surface area (Å²) in [4.78, 5) is 25.4. The molecule has 0 saturated carbocycles. The number of rotatable bonds is 3. The third-order valence-corrected chi connectivity index (χ3v) is 5.64. The second kappa shape index (κ2) is 6.41. The van der Waals surface area contributed by atoms with E-state index in [9.17, 15) is 4.79 Å². The van der Waals surface area contributed by atoms with E-state index in [0.717, 1.165) is 22.9 Å². The van der Waals surface area contributed by atoms with Gasteiger partial charge in [-0.25, -0.2) is 9.78 Å². The molecule has 0 N–H and O–H groups in total. The van der Waals surface area contributed by atoms with E-state index in [-0.39, 0.29) is 12.1 Å². The summed E-state index contributed by atoms with van der Waals surface area (Å²) >= 11 is 4.82. The first-order valence-corrected chi connectivity index (χ1v) is 9.04. The van der Waals surface area contributed by atoms with E-state index in [1.807, 2.05) is 18.2 Å². The molecule has 0 bridgehead atoms. The van der Waals surface area contributed by atoms with Gasteiger partial charge in [-0.05, 0) is 30.0 Å². The third kappa shape index (κ3) is 2.85. The van der Waals surface area contributed by atoms with Crippen LogP contribution in [0.3, 0.4) is 0 Å². The molecule has 1 aliphatic rings. The standard InChI is InChI=1S/C17H12BrN3O2S/c18-12-3-1-2-11-10(12)4-5-14(11)23-17(22)15-9-21-16(24-15)13-8-19-6-7-20-13/h1-3,6-9,14H,4-5H2. The Morgan fingerprint density at radius 2 is 2.17 bits per heavy atom. The number of aromatic nitrogens is 3. The van der Waals surface area contributed by atoms with E-state index < -0.39 is 0 Å². The van der Waals surface area contributed by atoms with E-state index in [4.69, 9.17) is 4.74 Å². The van der Waals surface area contributed by atoms with Crippen molar-refractivity contribution in [2.24, 2.45) is 0 Å². The normalized spacial score (nSPS) is 16.0. The summed E-state index contributed by atoms with van der Waals surface area (Å²) in [6.07, 6.45) is 7.87. The number of ether oxygens (including phenoxy) is 1. The van der Waals surface area contributed by atoms with Crippen LogP contribution in [0.5, 0.6) is 0 Å². The van der Waals surface area contributed by atoms with Crippen LogP contribution in [0.4, 0.5) is 0 Å². The van der Waals surface area contributed by atoms with Gasteiger partial charge in [0, 0.05) is 16.9 Å². The lowest BCUT2D eigenvalue weighted by Crippen LogP contribution is -2.08. The molecular weight excluding hydrogens is 390 g/mol. The number of hydrogen-bond acceptors (Lipinski definition) is 6. The van der Waals surface area contributed by atoms with Crippen LogP contribution in [0.25, 0.3) is 10.7 Å². The fourth-order valence-corrected chi connectivity index (χ4v) is 4.12. The van der Waals surface area contributed by atoms with Crippen molar-refractivity contribution in [1.82, 2.24) is 15.0 Å². The predicted molar refractivity (Wildman–Crippen MR) is 93.8 cm³/mol. The van der Waals surface area contributed by atoms with Crippen molar-refractivity contribution in [2.75, 3.05) is 0 Å². The third-order valence-electron chi connectivity index (χ3n) is 3.90. The number of benzene rings is 1. The Labute approximate surface area is 150 Å². The fourth-order valence-electron chi connectivity index (χ4n) is 2.78. The molecule has 120 valence electrons. The summed E-state index contributed by atoms with van der Waals surface area (Å²) in [6, 6.07) is 6.00. The van der Waals surface area contributed by atoms with Crippen molar-refractivity contribution in [3.8, 4) is 10.7 Å². The highest BCUT2D eigenvalue weighted by Gasteiger charge is 2.28. The van der Waals surface area contributed by atoms with Crippen LogP contribution < -0.4 is 0 Å². The SMILES string of the molecule is O=C(OC1CCc2c(Br)cccc21)c1cnc(-c2cnccn2)s1. The summed E-state index contributed by atoms with van der Waals surface area (Å²) in [5, 5.41) is 0.657. The molecule has 0 spiro atoms. The first-order valence-electron chi connectivity index (χ1n) is 7.43. The Hall–Kier alpha value is -2.12. The minimum absolute atomic E-state index is 0.202. The van der Waals surface area contributed by atoms with Crippen molar-refractivity contribution in [3.05, 3.63) is 63.5 Å². The Morgan fingerprint density at radius 1 is 1.25 bits per heavy atom. The van der Waals surface area contributed by atoms with E-state index >= 15 is 0 Å². The molecule has 5 nitrogen and oxygen atoms in total. The van der Waals surface area contributed by atoms with Crippen LogP contribution in [-0.2, 0) is 11.2 Å². The van der Waals surface area contributed by atoms with Gasteiger partial charge in [-0.2, -0.15) is 0 Å². The Kier molecular flexibility index (Phi) is 4.12. The average Bonchev–Trinajstić information content (AvgIpc) is 3.24. The molecule has 0 amide bonds. The van der Waals surface area contributed by atoms with Crippen molar-refractivity contribution >= 4 is 33.2 Å². The van der Waals surface area contributed by atoms with Crippen LogP contribution in [0.15, 0.2) is 47.5 Å². The molecule has 0 aliphatic heterocycles. The highest BCUT2D eigenvalue weighted by atomic mass is 79.9. The van der Waals surface area contributed by atoms with Gasteiger partial charge in [0.25, 0.3) is 0 Å². The number of nitrogens with zero attached hydrogens (tertiary/aromatic N) is 3. The van der Waals surface area contributed by atoms with Crippen molar-refractivity contribution < 1.29 is 9.53 Å². The first-order chi connectivity index (χ1) is 11.7. The van der Waals surface area contributed by atoms with Gasteiger partial charge < -0.3 is 4.74 Å². The average molecular weight is 402 g/mol.